The van der Waals surface area contributed by atoms with Crippen molar-refractivity contribution in [2.45, 2.75) is 19.7 Å². The molecule has 10 heteroatoms. The predicted octanol–water partition coefficient (Wildman–Crippen LogP) is 4.70. The third kappa shape index (κ3) is 5.12. The van der Waals surface area contributed by atoms with Gasteiger partial charge in [-0.3, -0.25) is 14.2 Å². The summed E-state index contributed by atoms with van der Waals surface area (Å²) in [7, 11) is 0. The molecule has 1 amide bonds. The third-order valence-corrected chi connectivity index (χ3v) is 6.00. The van der Waals surface area contributed by atoms with Gasteiger partial charge in [0.1, 0.15) is 17.0 Å². The molecule has 0 aliphatic heterocycles. The van der Waals surface area contributed by atoms with Crippen LogP contribution in [0.25, 0.3) is 20.7 Å². The first-order valence-corrected chi connectivity index (χ1v) is 10.6. The summed E-state index contributed by atoms with van der Waals surface area (Å²) in [5.41, 5.74) is 1.88. The van der Waals surface area contributed by atoms with Gasteiger partial charge in [0.25, 0.3) is 5.56 Å². The fourth-order valence-electron chi connectivity index (χ4n) is 3.01. The van der Waals surface area contributed by atoms with Gasteiger partial charge in [-0.15, -0.1) is 11.3 Å². The zero-order chi connectivity index (χ0) is 22.7. The highest BCUT2D eigenvalue weighted by Crippen LogP contribution is 2.31. The third-order valence-electron chi connectivity index (χ3n) is 4.58. The first-order valence-electron chi connectivity index (χ1n) is 9.44. The maximum atomic E-state index is 12.8. The van der Waals surface area contributed by atoms with Crippen molar-refractivity contribution in [3.63, 3.8) is 0 Å². The van der Waals surface area contributed by atoms with Gasteiger partial charge in [-0.25, -0.2) is 4.98 Å². The number of hydrogen-bond donors (Lipinski definition) is 1. The number of alkyl halides is 2. The van der Waals surface area contributed by atoms with E-state index in [0.29, 0.717) is 20.8 Å². The van der Waals surface area contributed by atoms with Gasteiger partial charge in [-0.2, -0.15) is 8.78 Å². The minimum absolute atomic E-state index is 0.0370. The van der Waals surface area contributed by atoms with Crippen LogP contribution in [0.4, 0.5) is 8.78 Å². The summed E-state index contributed by atoms with van der Waals surface area (Å²) >= 11 is 7.23. The van der Waals surface area contributed by atoms with E-state index in [9.17, 15) is 18.4 Å². The normalized spacial score (nSPS) is 11.1. The monoisotopic (exact) mass is 475 g/mol. The predicted molar refractivity (Wildman–Crippen MR) is 119 cm³/mol. The van der Waals surface area contributed by atoms with Crippen LogP contribution in [0.5, 0.6) is 5.75 Å². The van der Waals surface area contributed by atoms with Gasteiger partial charge in [0.2, 0.25) is 5.91 Å². The highest BCUT2D eigenvalue weighted by Gasteiger charge is 2.13. The van der Waals surface area contributed by atoms with Gasteiger partial charge < -0.3 is 10.1 Å². The molecule has 2 heterocycles. The van der Waals surface area contributed by atoms with Crippen molar-refractivity contribution in [3.8, 4) is 16.2 Å². The minimum Gasteiger partial charge on any atom is -0.435 e. The second-order valence-corrected chi connectivity index (χ2v) is 8.30. The van der Waals surface area contributed by atoms with E-state index in [2.05, 4.69) is 15.0 Å². The SMILES string of the molecule is O=C(Cn1cnc2cc(-c3ccc(Cl)cc3)sc2c1=O)NCc1ccc(OC(F)F)cc1. The Bertz CT molecular complexity index is 1310. The number of rotatable bonds is 7. The Hall–Kier alpha value is -3.30. The molecule has 0 unspecified atom stereocenters. The molecular formula is C22H16ClF2N3O3S. The molecule has 0 aliphatic rings. The van der Waals surface area contributed by atoms with Crippen LogP contribution in [0, 0.1) is 0 Å². The number of ether oxygens (including phenoxy) is 1. The lowest BCUT2D eigenvalue weighted by atomic mass is 10.2. The lowest BCUT2D eigenvalue weighted by molar-refractivity contribution is -0.121. The zero-order valence-corrected chi connectivity index (χ0v) is 18.0. The Morgan fingerprint density at radius 1 is 1.16 bits per heavy atom. The van der Waals surface area contributed by atoms with Crippen molar-refractivity contribution in [2.24, 2.45) is 0 Å². The van der Waals surface area contributed by atoms with E-state index in [-0.39, 0.29) is 30.3 Å². The summed E-state index contributed by atoms with van der Waals surface area (Å²) in [6, 6.07) is 15.0. The summed E-state index contributed by atoms with van der Waals surface area (Å²) in [6.07, 6.45) is 1.35. The Morgan fingerprint density at radius 2 is 1.88 bits per heavy atom. The maximum Gasteiger partial charge on any atom is 0.387 e. The average molecular weight is 476 g/mol. The number of benzene rings is 2. The van der Waals surface area contributed by atoms with Crippen molar-refractivity contribution in [1.82, 2.24) is 14.9 Å². The molecule has 1 N–H and O–H groups in total. The minimum atomic E-state index is -2.89. The van der Waals surface area contributed by atoms with Crippen LogP contribution in [0.2, 0.25) is 5.02 Å². The molecular weight excluding hydrogens is 460 g/mol. The number of fused-ring (bicyclic) bond motifs is 1. The molecule has 2 aromatic heterocycles. The number of amides is 1. The Labute approximate surface area is 190 Å². The Balaban J connectivity index is 1.43. The topological polar surface area (TPSA) is 73.2 Å². The molecule has 0 bridgehead atoms. The standard InChI is InChI=1S/C22H16ClF2N3O3S/c23-15-5-3-14(4-6-15)18-9-17-20(32-18)21(30)28(12-27-17)11-19(29)26-10-13-1-7-16(8-2-13)31-22(24)25/h1-9,12,22H,10-11H2,(H,26,29). The summed E-state index contributed by atoms with van der Waals surface area (Å²) in [5, 5.41) is 3.32. The van der Waals surface area contributed by atoms with Gasteiger partial charge in [-0.05, 0) is 41.5 Å². The van der Waals surface area contributed by atoms with Crippen LogP contribution in [0.3, 0.4) is 0 Å². The van der Waals surface area contributed by atoms with Crippen molar-refractivity contribution in [2.75, 3.05) is 0 Å². The van der Waals surface area contributed by atoms with Crippen LogP contribution in [0.1, 0.15) is 5.56 Å². The number of nitrogens with one attached hydrogen (secondary N) is 1. The quantitative estimate of drug-likeness (QED) is 0.420. The molecule has 0 saturated carbocycles. The number of carbonyl (C=O) groups is 1. The molecule has 4 aromatic rings. The number of carbonyl (C=O) groups excluding carboxylic acids is 1. The molecule has 0 atom stereocenters. The first-order chi connectivity index (χ1) is 15.4. The molecule has 0 aliphatic carbocycles. The van der Waals surface area contributed by atoms with E-state index in [1.54, 1.807) is 24.3 Å². The van der Waals surface area contributed by atoms with Gasteiger partial charge in [0.15, 0.2) is 0 Å². The lowest BCUT2D eigenvalue weighted by Crippen LogP contribution is -2.31. The summed E-state index contributed by atoms with van der Waals surface area (Å²) in [5.74, 6) is -0.342. The molecule has 164 valence electrons. The highest BCUT2D eigenvalue weighted by molar-refractivity contribution is 7.22. The van der Waals surface area contributed by atoms with E-state index in [1.807, 2.05) is 18.2 Å². The van der Waals surface area contributed by atoms with Gasteiger partial charge in [-0.1, -0.05) is 35.9 Å². The largest absolute Gasteiger partial charge is 0.435 e. The molecule has 4 rings (SSSR count). The van der Waals surface area contributed by atoms with Crippen LogP contribution in [0.15, 0.2) is 65.7 Å². The van der Waals surface area contributed by atoms with Crippen molar-refractivity contribution in [1.29, 1.82) is 0 Å². The summed E-state index contributed by atoms with van der Waals surface area (Å²) < 4.78 is 30.4. The van der Waals surface area contributed by atoms with Crippen molar-refractivity contribution >= 4 is 39.1 Å². The average Bonchev–Trinajstić information content (AvgIpc) is 3.20. The van der Waals surface area contributed by atoms with Crippen LogP contribution in [-0.2, 0) is 17.9 Å². The maximum absolute atomic E-state index is 12.8. The summed E-state index contributed by atoms with van der Waals surface area (Å²) in [4.78, 5) is 30.3. The van der Waals surface area contributed by atoms with Crippen LogP contribution >= 0.6 is 22.9 Å². The lowest BCUT2D eigenvalue weighted by Gasteiger charge is -2.08. The number of hydrogen-bond acceptors (Lipinski definition) is 5. The number of halogens is 3. The molecule has 32 heavy (non-hydrogen) atoms. The van der Waals surface area contributed by atoms with E-state index < -0.39 is 6.61 Å². The Kier molecular flexibility index (Phi) is 6.48. The molecule has 0 radical (unpaired) electrons. The highest BCUT2D eigenvalue weighted by atomic mass is 35.5. The number of nitrogens with zero attached hydrogens (tertiary/aromatic N) is 2. The van der Waals surface area contributed by atoms with E-state index in [1.165, 1.54) is 34.4 Å². The second kappa shape index (κ2) is 9.46. The molecule has 6 nitrogen and oxygen atoms in total. The number of aromatic nitrogens is 2. The Morgan fingerprint density at radius 3 is 2.56 bits per heavy atom. The zero-order valence-electron chi connectivity index (χ0n) is 16.4. The van der Waals surface area contributed by atoms with Gasteiger partial charge in [0, 0.05) is 16.4 Å². The van der Waals surface area contributed by atoms with E-state index >= 15 is 0 Å². The molecule has 0 saturated heterocycles. The molecule has 2 aromatic carbocycles. The fraction of sp³-hybridized carbons (Fsp3) is 0.136. The van der Waals surface area contributed by atoms with Crippen molar-refractivity contribution < 1.29 is 18.3 Å². The van der Waals surface area contributed by atoms with Crippen molar-refractivity contribution in [3.05, 3.63) is 81.9 Å². The second-order valence-electron chi connectivity index (χ2n) is 6.81. The van der Waals surface area contributed by atoms with Crippen LogP contribution < -0.4 is 15.6 Å². The van der Waals surface area contributed by atoms with Crippen LogP contribution in [-0.4, -0.2) is 22.1 Å². The van der Waals surface area contributed by atoms with Gasteiger partial charge in [0.05, 0.1) is 11.8 Å². The fourth-order valence-corrected chi connectivity index (χ4v) is 4.21. The smallest absolute Gasteiger partial charge is 0.387 e. The summed E-state index contributed by atoms with van der Waals surface area (Å²) in [6.45, 7) is -2.91. The first kappa shape index (κ1) is 21.9. The van der Waals surface area contributed by atoms with E-state index in [4.69, 9.17) is 11.6 Å². The molecule has 0 spiro atoms. The van der Waals surface area contributed by atoms with Gasteiger partial charge >= 0.3 is 6.61 Å². The van der Waals surface area contributed by atoms with E-state index in [0.717, 1.165) is 10.4 Å². The molecule has 0 fully saturated rings. The number of thiophene rings is 1.